The number of carbonyl (C=O) groups is 2. The molecule has 0 saturated carbocycles. The molecule has 136 valence electrons. The molecule has 0 spiro atoms. The van der Waals surface area contributed by atoms with Gasteiger partial charge in [-0.15, -0.1) is 6.58 Å². The average Bonchev–Trinajstić information content (AvgIpc) is 2.64. The van der Waals surface area contributed by atoms with Crippen LogP contribution in [0, 0.1) is 5.41 Å². The van der Waals surface area contributed by atoms with Crippen molar-refractivity contribution in [2.75, 3.05) is 0 Å². The van der Waals surface area contributed by atoms with Crippen LogP contribution >= 0.6 is 0 Å². The molecule has 1 aliphatic carbocycles. The van der Waals surface area contributed by atoms with Gasteiger partial charge in [-0.2, -0.15) is 0 Å². The van der Waals surface area contributed by atoms with E-state index in [9.17, 15) is 19.8 Å². The summed E-state index contributed by atoms with van der Waals surface area (Å²) in [5.74, 6) is -2.84. The predicted molar refractivity (Wildman–Crippen MR) is 101 cm³/mol. The number of carboxylic acid groups (broad SMARTS) is 2. The first-order chi connectivity index (χ1) is 12.4. The zero-order valence-electron chi connectivity index (χ0n) is 15.2. The molecule has 1 atom stereocenters. The minimum atomic E-state index is -1.87. The number of carboxylic acids is 2. The average molecular weight is 352 g/mol. The molecule has 0 aliphatic heterocycles. The molecule has 0 heterocycles. The number of rotatable bonds is 5. The molecular weight excluding hydrogens is 328 g/mol. The molecule has 2 aromatic carbocycles. The molecule has 0 bridgehead atoms. The fourth-order valence-corrected chi connectivity index (χ4v) is 4.96. The lowest BCUT2D eigenvalue weighted by molar-refractivity contribution is -0.174. The highest BCUT2D eigenvalue weighted by Crippen LogP contribution is 2.58. The smallest absolute Gasteiger partial charge is 0.322 e. The first-order valence-corrected chi connectivity index (χ1v) is 9.00. The summed E-state index contributed by atoms with van der Waals surface area (Å²) >= 11 is 0. The standard InChI is InChI=1S/C22H24O4/c1-4-14-13-22(19(23)24,20(25)26)21(5-2,6-3)18-12-16-10-8-7-9-15(16)11-17(14)18/h4,7-12,14H,1,5-6,13H2,2-3H3,(H,23,24)(H,25,26). The van der Waals surface area contributed by atoms with Gasteiger partial charge in [-0.1, -0.05) is 56.3 Å². The summed E-state index contributed by atoms with van der Waals surface area (Å²) < 4.78 is 0. The summed E-state index contributed by atoms with van der Waals surface area (Å²) in [5, 5.41) is 22.2. The van der Waals surface area contributed by atoms with Crippen LogP contribution in [0.5, 0.6) is 0 Å². The molecular formula is C22H24O4. The van der Waals surface area contributed by atoms with Crippen LogP contribution in [0.15, 0.2) is 49.1 Å². The van der Waals surface area contributed by atoms with Gasteiger partial charge < -0.3 is 10.2 Å². The first-order valence-electron chi connectivity index (χ1n) is 9.00. The van der Waals surface area contributed by atoms with Gasteiger partial charge in [0.1, 0.15) is 0 Å². The largest absolute Gasteiger partial charge is 0.480 e. The fourth-order valence-electron chi connectivity index (χ4n) is 4.96. The quantitative estimate of drug-likeness (QED) is 0.603. The fraction of sp³-hybridized carbons (Fsp3) is 0.364. The molecule has 4 nitrogen and oxygen atoms in total. The highest BCUT2D eigenvalue weighted by atomic mass is 16.4. The Hall–Kier alpha value is -2.62. The molecule has 0 aromatic heterocycles. The van der Waals surface area contributed by atoms with Gasteiger partial charge in [0.2, 0.25) is 0 Å². The highest BCUT2D eigenvalue weighted by molar-refractivity contribution is 6.01. The zero-order chi connectivity index (χ0) is 19.1. The van der Waals surface area contributed by atoms with E-state index >= 15 is 0 Å². The van der Waals surface area contributed by atoms with E-state index in [2.05, 4.69) is 12.6 Å². The second-order valence-electron chi connectivity index (χ2n) is 7.14. The predicted octanol–water partition coefficient (Wildman–Crippen LogP) is 4.73. The second kappa shape index (κ2) is 6.27. The maximum Gasteiger partial charge on any atom is 0.322 e. The Morgan fingerprint density at radius 2 is 1.65 bits per heavy atom. The SMILES string of the molecule is C=CC1CC(C(=O)O)(C(=O)O)C(CC)(CC)c2cc3ccccc3cc21. The van der Waals surface area contributed by atoms with E-state index in [0.717, 1.165) is 21.9 Å². The van der Waals surface area contributed by atoms with Gasteiger partial charge in [0.05, 0.1) is 0 Å². The zero-order valence-corrected chi connectivity index (χ0v) is 15.2. The van der Waals surface area contributed by atoms with Crippen LogP contribution in [-0.4, -0.2) is 22.2 Å². The number of hydrogen-bond donors (Lipinski definition) is 2. The van der Waals surface area contributed by atoms with Crippen molar-refractivity contribution in [3.8, 4) is 0 Å². The van der Waals surface area contributed by atoms with Gasteiger partial charge in [0.25, 0.3) is 0 Å². The number of fused-ring (bicyclic) bond motifs is 2. The lowest BCUT2D eigenvalue weighted by Crippen LogP contribution is -2.58. The Labute approximate surface area is 153 Å². The molecule has 0 fully saturated rings. The van der Waals surface area contributed by atoms with Crippen LogP contribution in [0.3, 0.4) is 0 Å². The third-order valence-electron chi connectivity index (χ3n) is 6.40. The summed E-state index contributed by atoms with van der Waals surface area (Å²) in [6.45, 7) is 7.63. The van der Waals surface area contributed by atoms with E-state index in [1.807, 2.05) is 44.2 Å². The molecule has 1 aliphatic rings. The number of aliphatic carboxylic acids is 2. The molecule has 26 heavy (non-hydrogen) atoms. The van der Waals surface area contributed by atoms with E-state index < -0.39 is 22.8 Å². The molecule has 0 amide bonds. The van der Waals surface area contributed by atoms with Gasteiger partial charge in [-0.3, -0.25) is 9.59 Å². The van der Waals surface area contributed by atoms with Crippen molar-refractivity contribution in [3.05, 3.63) is 60.2 Å². The summed E-state index contributed by atoms with van der Waals surface area (Å²) in [6, 6.07) is 12.0. The van der Waals surface area contributed by atoms with Crippen LogP contribution in [-0.2, 0) is 15.0 Å². The monoisotopic (exact) mass is 352 g/mol. The van der Waals surface area contributed by atoms with Crippen molar-refractivity contribution in [3.63, 3.8) is 0 Å². The Balaban J connectivity index is 2.46. The van der Waals surface area contributed by atoms with Crippen molar-refractivity contribution >= 4 is 22.7 Å². The minimum absolute atomic E-state index is 0.0220. The molecule has 2 N–H and O–H groups in total. The maximum atomic E-state index is 12.4. The lowest BCUT2D eigenvalue weighted by atomic mass is 9.49. The Morgan fingerprint density at radius 3 is 2.12 bits per heavy atom. The maximum absolute atomic E-state index is 12.4. The van der Waals surface area contributed by atoms with E-state index in [-0.39, 0.29) is 12.3 Å². The first kappa shape index (κ1) is 18.2. The molecule has 0 radical (unpaired) electrons. The van der Waals surface area contributed by atoms with Crippen molar-refractivity contribution in [2.45, 2.75) is 44.4 Å². The van der Waals surface area contributed by atoms with E-state index in [1.54, 1.807) is 6.08 Å². The van der Waals surface area contributed by atoms with E-state index in [1.165, 1.54) is 0 Å². The Morgan fingerprint density at radius 1 is 1.12 bits per heavy atom. The third kappa shape index (κ3) is 2.14. The third-order valence-corrected chi connectivity index (χ3v) is 6.40. The summed E-state index contributed by atoms with van der Waals surface area (Å²) in [6.07, 6.45) is 2.59. The van der Waals surface area contributed by atoms with Crippen LogP contribution in [0.2, 0.25) is 0 Å². The summed E-state index contributed by atoms with van der Waals surface area (Å²) in [5.41, 5.74) is -1.00. The van der Waals surface area contributed by atoms with Crippen LogP contribution in [0.1, 0.15) is 50.2 Å². The van der Waals surface area contributed by atoms with Crippen LogP contribution < -0.4 is 0 Å². The molecule has 4 heteroatoms. The normalized spacial score (nSPS) is 20.3. The number of hydrogen-bond acceptors (Lipinski definition) is 2. The van der Waals surface area contributed by atoms with E-state index in [0.29, 0.717) is 12.8 Å². The Kier molecular flexibility index (Phi) is 4.39. The molecule has 2 aromatic rings. The van der Waals surface area contributed by atoms with Crippen molar-refractivity contribution in [1.82, 2.24) is 0 Å². The van der Waals surface area contributed by atoms with Crippen molar-refractivity contribution in [2.24, 2.45) is 5.41 Å². The number of allylic oxidation sites excluding steroid dienone is 1. The van der Waals surface area contributed by atoms with Gasteiger partial charge >= 0.3 is 11.9 Å². The second-order valence-corrected chi connectivity index (χ2v) is 7.14. The van der Waals surface area contributed by atoms with Gasteiger partial charge in [-0.05, 0) is 41.2 Å². The van der Waals surface area contributed by atoms with Crippen LogP contribution in [0.4, 0.5) is 0 Å². The highest BCUT2D eigenvalue weighted by Gasteiger charge is 2.64. The Bertz CT molecular complexity index is 878. The van der Waals surface area contributed by atoms with E-state index in [4.69, 9.17) is 0 Å². The summed E-state index contributed by atoms with van der Waals surface area (Å²) in [4.78, 5) is 24.7. The molecule has 0 saturated heterocycles. The molecule has 1 unspecified atom stereocenters. The van der Waals surface area contributed by atoms with Gasteiger partial charge in [0, 0.05) is 11.3 Å². The summed E-state index contributed by atoms with van der Waals surface area (Å²) in [7, 11) is 0. The molecule has 3 rings (SSSR count). The van der Waals surface area contributed by atoms with Gasteiger partial charge in [0.15, 0.2) is 5.41 Å². The van der Waals surface area contributed by atoms with Crippen molar-refractivity contribution < 1.29 is 19.8 Å². The lowest BCUT2D eigenvalue weighted by Gasteiger charge is -2.51. The minimum Gasteiger partial charge on any atom is -0.480 e. The van der Waals surface area contributed by atoms with Crippen LogP contribution in [0.25, 0.3) is 10.8 Å². The van der Waals surface area contributed by atoms with Gasteiger partial charge in [-0.25, -0.2) is 0 Å². The number of benzene rings is 2. The topological polar surface area (TPSA) is 74.6 Å². The van der Waals surface area contributed by atoms with Crippen molar-refractivity contribution in [1.29, 1.82) is 0 Å².